The average Bonchev–Trinajstić information content (AvgIpc) is 2.58. The van der Waals surface area contributed by atoms with Gasteiger partial charge in [-0.1, -0.05) is 17.7 Å². The van der Waals surface area contributed by atoms with Crippen molar-refractivity contribution in [2.45, 2.75) is 6.92 Å². The fourth-order valence-corrected chi connectivity index (χ4v) is 2.41. The summed E-state index contributed by atoms with van der Waals surface area (Å²) in [5.41, 5.74) is 2.99. The van der Waals surface area contributed by atoms with Crippen LogP contribution in [0.2, 0.25) is 5.02 Å². The summed E-state index contributed by atoms with van der Waals surface area (Å²) in [5.74, 6) is 1.10. The molecular weight excluding hydrogens is 338 g/mol. The predicted molar refractivity (Wildman–Crippen MR) is 102 cm³/mol. The number of aromatic nitrogens is 4. The van der Waals surface area contributed by atoms with E-state index in [2.05, 4.69) is 35.5 Å². The number of benzene rings is 1. The van der Waals surface area contributed by atoms with Crippen molar-refractivity contribution in [2.75, 3.05) is 37.8 Å². The minimum atomic E-state index is 0.510. The monoisotopic (exact) mass is 357 g/mol. The van der Waals surface area contributed by atoms with Gasteiger partial charge in [0.25, 0.3) is 0 Å². The molecule has 3 aromatic rings. The molecule has 0 saturated carbocycles. The quantitative estimate of drug-likeness (QED) is 0.701. The van der Waals surface area contributed by atoms with Gasteiger partial charge in [0.05, 0.1) is 0 Å². The third kappa shape index (κ3) is 4.32. The van der Waals surface area contributed by atoms with Crippen molar-refractivity contribution < 1.29 is 0 Å². The molecule has 25 heavy (non-hydrogen) atoms. The minimum absolute atomic E-state index is 0.510. The summed E-state index contributed by atoms with van der Waals surface area (Å²) >= 11 is 6.21. The molecule has 0 amide bonds. The molecule has 8 heteroatoms. The second-order valence-corrected chi connectivity index (χ2v) is 6.35. The van der Waals surface area contributed by atoms with E-state index in [1.165, 1.54) is 0 Å². The molecule has 0 atom stereocenters. The highest BCUT2D eigenvalue weighted by Gasteiger charge is 2.10. The van der Waals surface area contributed by atoms with Crippen LogP contribution in [0.4, 0.5) is 17.5 Å². The standard InChI is InChI=1S/C17H20ClN7/c1-11-4-5-12(10-13(11)18)22-16-14-15(20-7-6-19-14)23-17(24-16)21-8-9-25(2)3/h4-7,10H,8-9H2,1-3H3,(H2,20,21,22,23,24). The molecule has 2 aromatic heterocycles. The van der Waals surface area contributed by atoms with E-state index >= 15 is 0 Å². The first kappa shape index (κ1) is 17.3. The predicted octanol–water partition coefficient (Wildman–Crippen LogP) is 3.10. The molecule has 0 aliphatic carbocycles. The van der Waals surface area contributed by atoms with Crippen molar-refractivity contribution in [2.24, 2.45) is 0 Å². The zero-order valence-electron chi connectivity index (χ0n) is 14.4. The molecule has 0 bridgehead atoms. The topological polar surface area (TPSA) is 78.9 Å². The first-order valence-electron chi connectivity index (χ1n) is 7.93. The van der Waals surface area contributed by atoms with Crippen LogP contribution in [0.1, 0.15) is 5.56 Å². The van der Waals surface area contributed by atoms with Gasteiger partial charge in [0.1, 0.15) is 0 Å². The van der Waals surface area contributed by atoms with Crippen LogP contribution in [-0.2, 0) is 0 Å². The van der Waals surface area contributed by atoms with Gasteiger partial charge in [-0.25, -0.2) is 9.97 Å². The molecule has 1 aromatic carbocycles. The van der Waals surface area contributed by atoms with Gasteiger partial charge < -0.3 is 15.5 Å². The van der Waals surface area contributed by atoms with Gasteiger partial charge in [0.15, 0.2) is 17.0 Å². The van der Waals surface area contributed by atoms with Crippen molar-refractivity contribution >= 4 is 40.2 Å². The molecule has 7 nitrogen and oxygen atoms in total. The number of anilines is 3. The summed E-state index contributed by atoms with van der Waals surface area (Å²) in [7, 11) is 4.03. The molecule has 0 fully saturated rings. The highest BCUT2D eigenvalue weighted by atomic mass is 35.5. The van der Waals surface area contributed by atoms with E-state index in [1.54, 1.807) is 12.4 Å². The molecule has 3 rings (SSSR count). The van der Waals surface area contributed by atoms with E-state index in [1.807, 2.05) is 39.2 Å². The Morgan fingerprint density at radius 2 is 1.92 bits per heavy atom. The summed E-state index contributed by atoms with van der Waals surface area (Å²) in [6.45, 7) is 3.57. The van der Waals surface area contributed by atoms with Crippen LogP contribution in [0.15, 0.2) is 30.6 Å². The van der Waals surface area contributed by atoms with Gasteiger partial charge in [-0.05, 0) is 38.7 Å². The first-order chi connectivity index (χ1) is 12.0. The van der Waals surface area contributed by atoms with E-state index in [-0.39, 0.29) is 0 Å². The van der Waals surface area contributed by atoms with E-state index < -0.39 is 0 Å². The Morgan fingerprint density at radius 1 is 1.12 bits per heavy atom. The van der Waals surface area contributed by atoms with Crippen LogP contribution in [0, 0.1) is 6.92 Å². The lowest BCUT2D eigenvalue weighted by atomic mass is 10.2. The van der Waals surface area contributed by atoms with Crippen molar-refractivity contribution in [3.8, 4) is 0 Å². The summed E-state index contributed by atoms with van der Waals surface area (Å²) < 4.78 is 0. The summed E-state index contributed by atoms with van der Waals surface area (Å²) in [4.78, 5) is 19.7. The van der Waals surface area contributed by atoms with Crippen LogP contribution in [0.3, 0.4) is 0 Å². The number of hydrogen-bond acceptors (Lipinski definition) is 7. The third-order valence-corrected chi connectivity index (χ3v) is 4.02. The van der Waals surface area contributed by atoms with Crippen LogP contribution in [-0.4, -0.2) is 52.0 Å². The Kier molecular flexibility index (Phi) is 5.25. The number of likely N-dealkylation sites (N-methyl/N-ethyl adjacent to an activating group) is 1. The van der Waals surface area contributed by atoms with E-state index in [9.17, 15) is 0 Å². The number of rotatable bonds is 6. The van der Waals surface area contributed by atoms with Crippen molar-refractivity contribution in [3.63, 3.8) is 0 Å². The van der Waals surface area contributed by atoms with Gasteiger partial charge in [-0.3, -0.25) is 0 Å². The van der Waals surface area contributed by atoms with Gasteiger partial charge in [0.2, 0.25) is 5.95 Å². The number of nitrogens with one attached hydrogen (secondary N) is 2. The largest absolute Gasteiger partial charge is 0.353 e. The van der Waals surface area contributed by atoms with Crippen LogP contribution >= 0.6 is 11.6 Å². The fraction of sp³-hybridized carbons (Fsp3) is 0.294. The maximum Gasteiger partial charge on any atom is 0.226 e. The van der Waals surface area contributed by atoms with E-state index in [0.717, 1.165) is 24.3 Å². The fourth-order valence-electron chi connectivity index (χ4n) is 2.23. The summed E-state index contributed by atoms with van der Waals surface area (Å²) in [5, 5.41) is 7.18. The Labute approximate surface area is 151 Å². The lowest BCUT2D eigenvalue weighted by Gasteiger charge is -2.13. The number of halogens is 1. The molecule has 0 spiro atoms. The second kappa shape index (κ2) is 7.58. The molecule has 2 N–H and O–H groups in total. The highest BCUT2D eigenvalue weighted by molar-refractivity contribution is 6.31. The number of nitrogens with zero attached hydrogens (tertiary/aromatic N) is 5. The maximum absolute atomic E-state index is 6.21. The van der Waals surface area contributed by atoms with Gasteiger partial charge in [0, 0.05) is 36.2 Å². The summed E-state index contributed by atoms with van der Waals surface area (Å²) in [6.07, 6.45) is 3.24. The van der Waals surface area contributed by atoms with E-state index in [4.69, 9.17) is 11.6 Å². The van der Waals surface area contributed by atoms with Gasteiger partial charge in [-0.15, -0.1) is 0 Å². The normalized spacial score (nSPS) is 11.1. The Balaban J connectivity index is 1.92. The maximum atomic E-state index is 6.21. The molecular formula is C17H20ClN7. The first-order valence-corrected chi connectivity index (χ1v) is 8.31. The Hall–Kier alpha value is -2.51. The number of hydrogen-bond donors (Lipinski definition) is 2. The van der Waals surface area contributed by atoms with Gasteiger partial charge >= 0.3 is 0 Å². The third-order valence-electron chi connectivity index (χ3n) is 3.61. The molecule has 0 unspecified atom stereocenters. The summed E-state index contributed by atoms with van der Waals surface area (Å²) in [6, 6.07) is 5.76. The van der Waals surface area contributed by atoms with Crippen molar-refractivity contribution in [1.29, 1.82) is 0 Å². The lowest BCUT2D eigenvalue weighted by molar-refractivity contribution is 0.425. The molecule has 0 saturated heterocycles. The SMILES string of the molecule is Cc1ccc(Nc2nc(NCCN(C)C)nc3nccnc23)cc1Cl. The molecule has 130 valence electrons. The van der Waals surface area contributed by atoms with Crippen molar-refractivity contribution in [1.82, 2.24) is 24.8 Å². The van der Waals surface area contributed by atoms with Gasteiger partial charge in [-0.2, -0.15) is 9.97 Å². The number of aryl methyl sites for hydroxylation is 1. The zero-order valence-corrected chi connectivity index (χ0v) is 15.2. The molecule has 0 radical (unpaired) electrons. The molecule has 0 aliphatic heterocycles. The van der Waals surface area contributed by atoms with Crippen LogP contribution in [0.5, 0.6) is 0 Å². The number of fused-ring (bicyclic) bond motifs is 1. The Bertz CT molecular complexity index is 882. The molecule has 2 heterocycles. The van der Waals surface area contributed by atoms with Crippen LogP contribution < -0.4 is 10.6 Å². The lowest BCUT2D eigenvalue weighted by Crippen LogP contribution is -2.21. The minimum Gasteiger partial charge on any atom is -0.353 e. The highest BCUT2D eigenvalue weighted by Crippen LogP contribution is 2.25. The Morgan fingerprint density at radius 3 is 2.68 bits per heavy atom. The smallest absolute Gasteiger partial charge is 0.226 e. The molecule has 0 aliphatic rings. The van der Waals surface area contributed by atoms with Crippen LogP contribution in [0.25, 0.3) is 11.2 Å². The second-order valence-electron chi connectivity index (χ2n) is 5.94. The zero-order chi connectivity index (χ0) is 17.8. The average molecular weight is 358 g/mol. The van der Waals surface area contributed by atoms with E-state index in [0.29, 0.717) is 28.0 Å². The van der Waals surface area contributed by atoms with Crippen molar-refractivity contribution in [3.05, 3.63) is 41.2 Å².